The van der Waals surface area contributed by atoms with E-state index in [0.29, 0.717) is 30.4 Å². The van der Waals surface area contributed by atoms with E-state index in [4.69, 9.17) is 14.2 Å². The first-order valence-corrected chi connectivity index (χ1v) is 8.85. The normalized spacial score (nSPS) is 10.6. The van der Waals surface area contributed by atoms with E-state index in [9.17, 15) is 4.79 Å². The minimum atomic E-state index is -0.430. The molecule has 0 radical (unpaired) electrons. The lowest BCUT2D eigenvalue weighted by Gasteiger charge is -2.15. The molecule has 0 saturated heterocycles. The Hall–Kier alpha value is -2.49. The van der Waals surface area contributed by atoms with E-state index < -0.39 is 5.97 Å². The molecule has 0 aromatic heterocycles. The molecule has 0 bridgehead atoms. The second-order valence-electron chi connectivity index (χ2n) is 6.12. The summed E-state index contributed by atoms with van der Waals surface area (Å²) < 4.78 is 15.5. The second-order valence-corrected chi connectivity index (χ2v) is 6.12. The van der Waals surface area contributed by atoms with Crippen LogP contribution in [0.5, 0.6) is 11.5 Å². The Morgan fingerprint density at radius 3 is 2.28 bits per heavy atom. The summed E-state index contributed by atoms with van der Waals surface area (Å²) in [6, 6.07) is 11.4. The minimum absolute atomic E-state index is 0. The number of nitrogens with one attached hydrogen (secondary N) is 2. The van der Waals surface area contributed by atoms with E-state index in [1.807, 2.05) is 31.2 Å². The Morgan fingerprint density at radius 1 is 0.966 bits per heavy atom. The van der Waals surface area contributed by atoms with Crippen LogP contribution >= 0.6 is 24.0 Å². The summed E-state index contributed by atoms with van der Waals surface area (Å²) in [6.45, 7) is 3.12. The number of guanidine groups is 1. The first kappa shape index (κ1) is 24.5. The third kappa shape index (κ3) is 6.81. The number of hydrogen-bond donors (Lipinski definition) is 2. The van der Waals surface area contributed by atoms with Crippen molar-refractivity contribution < 1.29 is 19.0 Å². The maximum Gasteiger partial charge on any atom is 0.341 e. The summed E-state index contributed by atoms with van der Waals surface area (Å²) in [5, 5.41) is 6.52. The largest absolute Gasteiger partial charge is 0.496 e. The maximum absolute atomic E-state index is 11.8. The molecule has 2 rings (SSSR count). The first-order chi connectivity index (χ1) is 13.5. The average molecular weight is 513 g/mol. The van der Waals surface area contributed by atoms with Crippen LogP contribution in [0.1, 0.15) is 27.0 Å². The first-order valence-electron chi connectivity index (χ1n) is 8.85. The molecule has 0 saturated carbocycles. The topological polar surface area (TPSA) is 81.2 Å². The lowest BCUT2D eigenvalue weighted by atomic mass is 10.1. The third-order valence-electron chi connectivity index (χ3n) is 4.24. The van der Waals surface area contributed by atoms with E-state index in [1.165, 1.54) is 14.2 Å². The maximum atomic E-state index is 11.8. The van der Waals surface area contributed by atoms with Gasteiger partial charge in [0.1, 0.15) is 17.1 Å². The number of aryl methyl sites for hydroxylation is 1. The van der Waals surface area contributed by atoms with Crippen LogP contribution in [0.25, 0.3) is 0 Å². The van der Waals surface area contributed by atoms with Crippen LogP contribution in [0.2, 0.25) is 0 Å². The lowest BCUT2D eigenvalue weighted by molar-refractivity contribution is 0.0597. The molecule has 0 fully saturated rings. The molecule has 0 aliphatic heterocycles. The zero-order valence-electron chi connectivity index (χ0n) is 17.4. The minimum Gasteiger partial charge on any atom is -0.496 e. The second kappa shape index (κ2) is 12.2. The van der Waals surface area contributed by atoms with E-state index in [1.54, 1.807) is 26.3 Å². The van der Waals surface area contributed by atoms with Crippen molar-refractivity contribution in [1.29, 1.82) is 0 Å². The van der Waals surface area contributed by atoms with Gasteiger partial charge in [-0.05, 0) is 36.2 Å². The summed E-state index contributed by atoms with van der Waals surface area (Å²) in [5.74, 6) is 1.53. The van der Waals surface area contributed by atoms with Gasteiger partial charge in [0.2, 0.25) is 0 Å². The zero-order chi connectivity index (χ0) is 20.5. The van der Waals surface area contributed by atoms with Gasteiger partial charge >= 0.3 is 5.97 Å². The fourth-order valence-electron chi connectivity index (χ4n) is 2.71. The monoisotopic (exact) mass is 513 g/mol. The summed E-state index contributed by atoms with van der Waals surface area (Å²) >= 11 is 0. The van der Waals surface area contributed by atoms with Crippen LogP contribution in [-0.2, 0) is 17.8 Å². The number of hydrogen-bond acceptors (Lipinski definition) is 5. The zero-order valence-corrected chi connectivity index (χ0v) is 19.7. The van der Waals surface area contributed by atoms with Crippen LogP contribution in [-0.4, -0.2) is 40.3 Å². The quantitative estimate of drug-likeness (QED) is 0.256. The number of methoxy groups -OCH3 is 3. The Bertz CT molecular complexity index is 856. The highest BCUT2D eigenvalue weighted by Crippen LogP contribution is 2.21. The molecule has 0 spiro atoms. The van der Waals surface area contributed by atoms with Crippen molar-refractivity contribution in [2.45, 2.75) is 20.0 Å². The fraction of sp³-hybridized carbons (Fsp3) is 0.333. The molecule has 0 aliphatic rings. The predicted molar refractivity (Wildman–Crippen MR) is 125 cm³/mol. The lowest BCUT2D eigenvalue weighted by Crippen LogP contribution is -2.36. The molecule has 7 nitrogen and oxygen atoms in total. The van der Waals surface area contributed by atoms with Crippen LogP contribution in [0.3, 0.4) is 0 Å². The van der Waals surface area contributed by atoms with Crippen LogP contribution < -0.4 is 20.1 Å². The van der Waals surface area contributed by atoms with Gasteiger partial charge in [-0.3, -0.25) is 4.99 Å². The Balaban J connectivity index is 0.00000420. The van der Waals surface area contributed by atoms with Gasteiger partial charge in [0.25, 0.3) is 0 Å². The van der Waals surface area contributed by atoms with E-state index in [0.717, 1.165) is 22.4 Å². The number of rotatable bonds is 7. The summed E-state index contributed by atoms with van der Waals surface area (Å²) in [6.07, 6.45) is 0. The summed E-state index contributed by atoms with van der Waals surface area (Å²) in [5.41, 5.74) is 3.52. The van der Waals surface area contributed by atoms with Gasteiger partial charge in [-0.2, -0.15) is 0 Å². The molecular weight excluding hydrogens is 485 g/mol. The summed E-state index contributed by atoms with van der Waals surface area (Å²) in [4.78, 5) is 16.0. The Labute approximate surface area is 188 Å². The smallest absolute Gasteiger partial charge is 0.341 e. The molecule has 0 aliphatic carbocycles. The molecule has 0 unspecified atom stereocenters. The molecule has 0 heterocycles. The van der Waals surface area contributed by atoms with Gasteiger partial charge in [-0.1, -0.05) is 18.2 Å². The molecule has 2 N–H and O–H groups in total. The van der Waals surface area contributed by atoms with Crippen molar-refractivity contribution in [3.8, 4) is 11.5 Å². The van der Waals surface area contributed by atoms with Gasteiger partial charge < -0.3 is 24.8 Å². The molecule has 0 atom stereocenters. The van der Waals surface area contributed by atoms with Crippen LogP contribution in [0, 0.1) is 6.92 Å². The highest BCUT2D eigenvalue weighted by atomic mass is 127. The van der Waals surface area contributed by atoms with Crippen molar-refractivity contribution in [3.63, 3.8) is 0 Å². The van der Waals surface area contributed by atoms with Crippen molar-refractivity contribution >= 4 is 35.9 Å². The van der Waals surface area contributed by atoms with Crippen molar-refractivity contribution in [2.24, 2.45) is 4.99 Å². The third-order valence-corrected chi connectivity index (χ3v) is 4.24. The number of halogens is 1. The van der Waals surface area contributed by atoms with Crippen LogP contribution in [0.4, 0.5) is 0 Å². The van der Waals surface area contributed by atoms with Gasteiger partial charge in [0.05, 0.1) is 21.3 Å². The number of aliphatic imine (C=N–C) groups is 1. The van der Waals surface area contributed by atoms with Gasteiger partial charge in [-0.25, -0.2) is 4.79 Å². The van der Waals surface area contributed by atoms with Crippen molar-refractivity contribution in [3.05, 3.63) is 58.7 Å². The molecule has 2 aromatic carbocycles. The highest BCUT2D eigenvalue weighted by molar-refractivity contribution is 14.0. The van der Waals surface area contributed by atoms with E-state index in [-0.39, 0.29) is 24.0 Å². The predicted octanol–water partition coefficient (Wildman–Crippen LogP) is 3.28. The molecule has 2 aromatic rings. The SMILES string of the molecule is CN=C(NCc1ccc(C(=O)OC)c(OC)c1)NCc1ccc(C)cc1OC.I. The number of esters is 1. The van der Waals surface area contributed by atoms with Crippen molar-refractivity contribution in [1.82, 2.24) is 10.6 Å². The highest BCUT2D eigenvalue weighted by Gasteiger charge is 2.13. The number of ether oxygens (including phenoxy) is 3. The number of nitrogens with zero attached hydrogens (tertiary/aromatic N) is 1. The number of benzene rings is 2. The standard InChI is InChI=1S/C21H27N3O4.HI/c1-14-6-8-16(18(10-14)26-3)13-24-21(22-2)23-12-15-7-9-17(20(25)28-5)19(11-15)27-4;/h6-11H,12-13H2,1-5H3,(H2,22,23,24);1H. The fourth-order valence-corrected chi connectivity index (χ4v) is 2.71. The average Bonchev–Trinajstić information content (AvgIpc) is 2.73. The van der Waals surface area contributed by atoms with E-state index >= 15 is 0 Å². The van der Waals surface area contributed by atoms with Crippen molar-refractivity contribution in [2.75, 3.05) is 28.4 Å². The Morgan fingerprint density at radius 2 is 1.66 bits per heavy atom. The van der Waals surface area contributed by atoms with Gasteiger partial charge in [0.15, 0.2) is 5.96 Å². The number of carbonyl (C=O) groups is 1. The molecule has 0 amide bonds. The van der Waals surface area contributed by atoms with Gasteiger partial charge in [0, 0.05) is 25.7 Å². The van der Waals surface area contributed by atoms with Crippen LogP contribution in [0.15, 0.2) is 41.4 Å². The van der Waals surface area contributed by atoms with E-state index in [2.05, 4.69) is 15.6 Å². The molecule has 8 heteroatoms. The Kier molecular flexibility index (Phi) is 10.3. The number of carbonyl (C=O) groups excluding carboxylic acids is 1. The molecular formula is C21H28IN3O4. The molecule has 29 heavy (non-hydrogen) atoms. The molecule has 158 valence electrons. The summed E-state index contributed by atoms with van der Waals surface area (Å²) in [7, 11) is 6.24. The van der Waals surface area contributed by atoms with Gasteiger partial charge in [-0.15, -0.1) is 24.0 Å².